The van der Waals surface area contributed by atoms with Crippen molar-refractivity contribution in [2.75, 3.05) is 18.0 Å². The van der Waals surface area contributed by atoms with E-state index in [1.54, 1.807) is 6.08 Å². The van der Waals surface area contributed by atoms with E-state index in [0.29, 0.717) is 18.9 Å². The minimum atomic E-state index is -0.976. The molecule has 0 aromatic heterocycles. The Bertz CT molecular complexity index is 562. The first-order chi connectivity index (χ1) is 9.93. The monoisotopic (exact) mass is 350 g/mol. The van der Waals surface area contributed by atoms with Crippen molar-refractivity contribution >= 4 is 33.7 Å². The number of nitriles is 1. The number of rotatable bonds is 7. The topological polar surface area (TPSA) is 64.3 Å². The summed E-state index contributed by atoms with van der Waals surface area (Å²) in [6.07, 6.45) is 3.15. The Morgan fingerprint density at radius 1 is 1.52 bits per heavy atom. The van der Waals surface area contributed by atoms with Gasteiger partial charge in [-0.3, -0.25) is 0 Å². The largest absolute Gasteiger partial charge is 0.478 e. The number of carbonyl (C=O) groups is 1. The van der Waals surface area contributed by atoms with E-state index in [1.165, 1.54) is 0 Å². The van der Waals surface area contributed by atoms with Crippen molar-refractivity contribution in [3.8, 4) is 6.07 Å². The van der Waals surface area contributed by atoms with Crippen LogP contribution in [0, 0.1) is 17.2 Å². The van der Waals surface area contributed by atoms with Gasteiger partial charge in [-0.15, -0.1) is 0 Å². The van der Waals surface area contributed by atoms with E-state index < -0.39 is 5.97 Å². The Kier molecular flexibility index (Phi) is 6.97. The van der Waals surface area contributed by atoms with Gasteiger partial charge >= 0.3 is 5.97 Å². The zero-order valence-electron chi connectivity index (χ0n) is 12.2. The highest BCUT2D eigenvalue weighted by atomic mass is 79.9. The summed E-state index contributed by atoms with van der Waals surface area (Å²) in [5, 5.41) is 17.6. The predicted molar refractivity (Wildman–Crippen MR) is 88.1 cm³/mol. The van der Waals surface area contributed by atoms with Gasteiger partial charge < -0.3 is 10.0 Å². The molecule has 0 radical (unpaired) electrons. The molecule has 112 valence electrons. The van der Waals surface area contributed by atoms with E-state index >= 15 is 0 Å². The fraction of sp³-hybridized carbons (Fsp3) is 0.375. The molecule has 21 heavy (non-hydrogen) atoms. The molecule has 0 unspecified atom stereocenters. The van der Waals surface area contributed by atoms with E-state index in [1.807, 2.05) is 18.2 Å². The van der Waals surface area contributed by atoms with Crippen LogP contribution in [0.4, 0.5) is 5.69 Å². The van der Waals surface area contributed by atoms with Gasteiger partial charge in [0.25, 0.3) is 0 Å². The average Bonchev–Trinajstić information content (AvgIpc) is 2.41. The van der Waals surface area contributed by atoms with Crippen LogP contribution in [0.2, 0.25) is 0 Å². The van der Waals surface area contributed by atoms with E-state index in [9.17, 15) is 4.79 Å². The lowest BCUT2D eigenvalue weighted by atomic mass is 10.1. The maximum Gasteiger partial charge on any atom is 0.328 e. The number of carboxylic acid groups (broad SMARTS) is 1. The summed E-state index contributed by atoms with van der Waals surface area (Å²) in [4.78, 5) is 12.8. The van der Waals surface area contributed by atoms with Crippen molar-refractivity contribution in [3.63, 3.8) is 0 Å². The first-order valence-electron chi connectivity index (χ1n) is 6.76. The summed E-state index contributed by atoms with van der Waals surface area (Å²) in [6, 6.07) is 7.87. The summed E-state index contributed by atoms with van der Waals surface area (Å²) in [5.41, 5.74) is 1.77. The average molecular weight is 351 g/mol. The maximum absolute atomic E-state index is 10.7. The lowest BCUT2D eigenvalue weighted by molar-refractivity contribution is -0.131. The van der Waals surface area contributed by atoms with Gasteiger partial charge in [0.2, 0.25) is 0 Å². The van der Waals surface area contributed by atoms with Gasteiger partial charge in [0.15, 0.2) is 0 Å². The SMILES string of the molecule is CC(C)CN(CCC#N)c1cc(Br)ccc1C=CC(=O)O. The third-order valence-electron chi connectivity index (χ3n) is 2.82. The summed E-state index contributed by atoms with van der Waals surface area (Å²) >= 11 is 3.45. The highest BCUT2D eigenvalue weighted by Crippen LogP contribution is 2.27. The molecule has 0 amide bonds. The van der Waals surface area contributed by atoms with Crippen LogP contribution in [-0.2, 0) is 4.79 Å². The number of nitrogens with zero attached hydrogens (tertiary/aromatic N) is 2. The normalized spacial score (nSPS) is 10.8. The standard InChI is InChI=1S/C16H19BrN2O2/c1-12(2)11-19(9-3-8-18)15-10-14(17)6-4-13(15)5-7-16(20)21/h4-7,10,12H,3,9,11H2,1-2H3,(H,20,21). The molecule has 1 aromatic carbocycles. The second kappa shape index (κ2) is 8.48. The molecule has 0 aliphatic carbocycles. The highest BCUT2D eigenvalue weighted by molar-refractivity contribution is 9.10. The van der Waals surface area contributed by atoms with Gasteiger partial charge in [0.1, 0.15) is 0 Å². The van der Waals surface area contributed by atoms with Crippen LogP contribution in [0.25, 0.3) is 6.08 Å². The Labute approximate surface area is 133 Å². The lowest BCUT2D eigenvalue weighted by Gasteiger charge is -2.27. The van der Waals surface area contributed by atoms with Crippen molar-refractivity contribution in [2.45, 2.75) is 20.3 Å². The number of anilines is 1. The second-order valence-electron chi connectivity index (χ2n) is 5.12. The quantitative estimate of drug-likeness (QED) is 0.756. The van der Waals surface area contributed by atoms with E-state index in [2.05, 4.69) is 40.7 Å². The first kappa shape index (κ1) is 17.3. The van der Waals surface area contributed by atoms with Crippen LogP contribution in [0.3, 0.4) is 0 Å². The minimum Gasteiger partial charge on any atom is -0.478 e. The molecule has 0 spiro atoms. The van der Waals surface area contributed by atoms with Gasteiger partial charge in [-0.1, -0.05) is 35.8 Å². The van der Waals surface area contributed by atoms with Crippen LogP contribution in [0.5, 0.6) is 0 Å². The zero-order chi connectivity index (χ0) is 15.8. The van der Waals surface area contributed by atoms with Crippen LogP contribution in [0.1, 0.15) is 25.8 Å². The second-order valence-corrected chi connectivity index (χ2v) is 6.04. The first-order valence-corrected chi connectivity index (χ1v) is 7.55. The fourth-order valence-corrected chi connectivity index (χ4v) is 2.38. The van der Waals surface area contributed by atoms with Crippen molar-refractivity contribution in [1.82, 2.24) is 0 Å². The molecule has 1 N–H and O–H groups in total. The van der Waals surface area contributed by atoms with Gasteiger partial charge in [-0.25, -0.2) is 4.79 Å². The Morgan fingerprint density at radius 3 is 2.81 bits per heavy atom. The van der Waals surface area contributed by atoms with Gasteiger partial charge in [0.05, 0.1) is 12.5 Å². The van der Waals surface area contributed by atoms with Crippen LogP contribution in [0.15, 0.2) is 28.7 Å². The molecule has 0 saturated heterocycles. The highest BCUT2D eigenvalue weighted by Gasteiger charge is 2.12. The van der Waals surface area contributed by atoms with E-state index in [-0.39, 0.29) is 0 Å². The van der Waals surface area contributed by atoms with Crippen molar-refractivity contribution < 1.29 is 9.90 Å². The molecule has 0 bridgehead atoms. The molecular weight excluding hydrogens is 332 g/mol. The van der Waals surface area contributed by atoms with Gasteiger partial charge in [-0.05, 0) is 29.7 Å². The molecule has 4 nitrogen and oxygen atoms in total. The Morgan fingerprint density at radius 2 is 2.24 bits per heavy atom. The summed E-state index contributed by atoms with van der Waals surface area (Å²) in [6.45, 7) is 5.67. The minimum absolute atomic E-state index is 0.432. The zero-order valence-corrected chi connectivity index (χ0v) is 13.8. The summed E-state index contributed by atoms with van der Waals surface area (Å²) < 4.78 is 0.927. The van der Waals surface area contributed by atoms with Crippen LogP contribution < -0.4 is 4.90 Å². The lowest BCUT2D eigenvalue weighted by Crippen LogP contribution is -2.29. The van der Waals surface area contributed by atoms with Crippen molar-refractivity contribution in [2.24, 2.45) is 5.92 Å². The molecule has 1 rings (SSSR count). The molecule has 5 heteroatoms. The van der Waals surface area contributed by atoms with Crippen LogP contribution >= 0.6 is 15.9 Å². The molecule has 1 aromatic rings. The number of halogens is 1. The molecule has 0 heterocycles. The predicted octanol–water partition coefficient (Wildman–Crippen LogP) is 3.92. The molecular formula is C16H19BrN2O2. The molecule has 0 fully saturated rings. The number of hydrogen-bond acceptors (Lipinski definition) is 3. The Balaban J connectivity index is 3.17. The molecule has 0 saturated carbocycles. The van der Waals surface area contributed by atoms with Gasteiger partial charge in [-0.2, -0.15) is 5.26 Å². The molecule has 0 aliphatic rings. The van der Waals surface area contributed by atoms with Crippen molar-refractivity contribution in [3.05, 3.63) is 34.3 Å². The fourth-order valence-electron chi connectivity index (χ4n) is 2.03. The number of carboxylic acids is 1. The molecule has 0 aliphatic heterocycles. The maximum atomic E-state index is 10.7. The number of aliphatic carboxylic acids is 1. The summed E-state index contributed by atoms with van der Waals surface area (Å²) in [5.74, 6) is -0.532. The smallest absolute Gasteiger partial charge is 0.328 e. The number of benzene rings is 1. The van der Waals surface area contributed by atoms with Crippen LogP contribution in [-0.4, -0.2) is 24.2 Å². The third-order valence-corrected chi connectivity index (χ3v) is 3.31. The Hall–Kier alpha value is -1.80. The summed E-state index contributed by atoms with van der Waals surface area (Å²) in [7, 11) is 0. The van der Waals surface area contributed by atoms with E-state index in [0.717, 1.165) is 28.3 Å². The van der Waals surface area contributed by atoms with E-state index in [4.69, 9.17) is 10.4 Å². The third kappa shape index (κ3) is 6.01. The van der Waals surface area contributed by atoms with Gasteiger partial charge in [0, 0.05) is 29.3 Å². The number of hydrogen-bond donors (Lipinski definition) is 1. The van der Waals surface area contributed by atoms with Crippen molar-refractivity contribution in [1.29, 1.82) is 5.26 Å². The molecule has 0 atom stereocenters.